The summed E-state index contributed by atoms with van der Waals surface area (Å²) in [6, 6.07) is 9.39. The average molecular weight is 433 g/mol. The van der Waals surface area contributed by atoms with Crippen LogP contribution in [-0.4, -0.2) is 23.2 Å². The molecule has 1 amide bonds. The number of ether oxygens (including phenoxy) is 1. The molecular weight excluding hydrogens is 419 g/mol. The third-order valence-corrected chi connectivity index (χ3v) is 3.88. The fraction of sp³-hybridized carbons (Fsp3) is 0.188. The van der Waals surface area contributed by atoms with E-state index < -0.39 is 23.1 Å². The van der Waals surface area contributed by atoms with Crippen LogP contribution in [0.25, 0.3) is 0 Å². The molecule has 0 radical (unpaired) electrons. The first kappa shape index (κ1) is 17.6. The number of hydrogen-bond donors (Lipinski definition) is 2. The van der Waals surface area contributed by atoms with Crippen LogP contribution in [-0.2, 0) is 4.79 Å². The highest BCUT2D eigenvalue weighted by atomic mass is 127. The summed E-state index contributed by atoms with van der Waals surface area (Å²) in [6.07, 6.45) is 0. The van der Waals surface area contributed by atoms with Gasteiger partial charge >= 0.3 is 0 Å². The Morgan fingerprint density at radius 1 is 1.26 bits per heavy atom. The van der Waals surface area contributed by atoms with E-state index in [1.807, 2.05) is 22.6 Å². The molecule has 2 aromatic carbocycles. The smallest absolute Gasteiger partial charge is 0.259 e. The van der Waals surface area contributed by atoms with E-state index in [-0.39, 0.29) is 12.3 Å². The number of anilines is 1. The van der Waals surface area contributed by atoms with Crippen molar-refractivity contribution in [3.8, 4) is 5.75 Å². The molecule has 0 saturated carbocycles. The third kappa shape index (κ3) is 4.87. The number of benzene rings is 2. The molecule has 2 aromatic rings. The van der Waals surface area contributed by atoms with Crippen molar-refractivity contribution >= 4 is 34.2 Å². The molecule has 0 saturated heterocycles. The monoisotopic (exact) mass is 433 g/mol. The largest absolute Gasteiger partial charge is 0.490 e. The lowest BCUT2D eigenvalue weighted by molar-refractivity contribution is -0.135. The molecular formula is C16H14F2INO3. The first-order valence-corrected chi connectivity index (χ1v) is 7.73. The Kier molecular flexibility index (Phi) is 5.53. The second-order valence-electron chi connectivity index (χ2n) is 5.10. The van der Waals surface area contributed by atoms with Gasteiger partial charge in [-0.3, -0.25) is 4.79 Å². The van der Waals surface area contributed by atoms with Crippen LogP contribution in [0.15, 0.2) is 42.5 Å². The Morgan fingerprint density at radius 3 is 2.52 bits per heavy atom. The summed E-state index contributed by atoms with van der Waals surface area (Å²) < 4.78 is 31.9. The van der Waals surface area contributed by atoms with Crippen molar-refractivity contribution in [1.29, 1.82) is 0 Å². The quantitative estimate of drug-likeness (QED) is 0.712. The standard InChI is InChI=1S/C16H14F2INO3/c1-16(22,9-23-12-5-2-10(17)3-6-12)15(21)20-11-4-7-14(19)13(18)8-11/h2-8,22H,9H2,1H3,(H,20,21)/t16-/m0/s1. The minimum Gasteiger partial charge on any atom is -0.490 e. The van der Waals surface area contributed by atoms with Crippen molar-refractivity contribution in [2.24, 2.45) is 0 Å². The lowest BCUT2D eigenvalue weighted by Gasteiger charge is -2.22. The Labute approximate surface area is 145 Å². The number of nitrogens with one attached hydrogen (secondary N) is 1. The van der Waals surface area contributed by atoms with Gasteiger partial charge in [-0.2, -0.15) is 0 Å². The van der Waals surface area contributed by atoms with Crippen molar-refractivity contribution in [3.05, 3.63) is 57.7 Å². The van der Waals surface area contributed by atoms with E-state index in [9.17, 15) is 18.7 Å². The van der Waals surface area contributed by atoms with E-state index in [1.165, 1.54) is 43.3 Å². The van der Waals surface area contributed by atoms with Gasteiger partial charge in [0.1, 0.15) is 24.0 Å². The van der Waals surface area contributed by atoms with E-state index >= 15 is 0 Å². The molecule has 7 heteroatoms. The van der Waals surface area contributed by atoms with Gasteiger partial charge in [-0.25, -0.2) is 8.78 Å². The number of rotatable bonds is 5. The number of amides is 1. The van der Waals surface area contributed by atoms with Crippen LogP contribution in [0, 0.1) is 15.2 Å². The molecule has 0 heterocycles. The van der Waals surface area contributed by atoms with Gasteiger partial charge in [-0.1, -0.05) is 0 Å². The summed E-state index contributed by atoms with van der Waals surface area (Å²) in [6.45, 7) is 0.937. The minimum absolute atomic E-state index is 0.231. The zero-order valence-electron chi connectivity index (χ0n) is 12.1. The van der Waals surface area contributed by atoms with E-state index in [0.29, 0.717) is 9.32 Å². The van der Waals surface area contributed by atoms with Crippen molar-refractivity contribution < 1.29 is 23.4 Å². The highest BCUT2D eigenvalue weighted by Gasteiger charge is 2.31. The van der Waals surface area contributed by atoms with Gasteiger partial charge in [0.15, 0.2) is 5.60 Å². The van der Waals surface area contributed by atoms with E-state index in [1.54, 1.807) is 0 Å². The Hall–Kier alpha value is -1.74. The second kappa shape index (κ2) is 7.22. The Bertz CT molecular complexity index is 705. The molecule has 0 bridgehead atoms. The van der Waals surface area contributed by atoms with Crippen LogP contribution in [0.3, 0.4) is 0 Å². The summed E-state index contributed by atoms with van der Waals surface area (Å²) in [5.74, 6) is -1.30. The van der Waals surface area contributed by atoms with Crippen LogP contribution in [0.2, 0.25) is 0 Å². The van der Waals surface area contributed by atoms with Gasteiger partial charge in [-0.05, 0) is 72.0 Å². The van der Waals surface area contributed by atoms with Crippen molar-refractivity contribution in [2.45, 2.75) is 12.5 Å². The number of hydrogen-bond acceptors (Lipinski definition) is 3. The number of halogens is 3. The molecule has 0 aliphatic heterocycles. The van der Waals surface area contributed by atoms with Crippen molar-refractivity contribution in [2.75, 3.05) is 11.9 Å². The Morgan fingerprint density at radius 2 is 1.91 bits per heavy atom. The SMILES string of the molecule is C[C@](O)(COc1ccc(F)cc1)C(=O)Nc1ccc(I)c(F)c1. The zero-order chi connectivity index (χ0) is 17.0. The zero-order valence-corrected chi connectivity index (χ0v) is 14.3. The number of carbonyl (C=O) groups is 1. The molecule has 0 aliphatic carbocycles. The molecule has 4 nitrogen and oxygen atoms in total. The number of carbonyl (C=O) groups excluding carboxylic acids is 1. The molecule has 0 aromatic heterocycles. The topological polar surface area (TPSA) is 58.6 Å². The lowest BCUT2D eigenvalue weighted by atomic mass is 10.1. The van der Waals surface area contributed by atoms with Crippen LogP contribution >= 0.6 is 22.6 Å². The van der Waals surface area contributed by atoms with Crippen LogP contribution in [0.4, 0.5) is 14.5 Å². The molecule has 2 N–H and O–H groups in total. The minimum atomic E-state index is -1.84. The highest BCUT2D eigenvalue weighted by Crippen LogP contribution is 2.19. The van der Waals surface area contributed by atoms with Gasteiger partial charge in [0.2, 0.25) is 0 Å². The summed E-state index contributed by atoms with van der Waals surface area (Å²) in [4.78, 5) is 12.1. The normalized spacial score (nSPS) is 13.3. The number of aliphatic hydroxyl groups is 1. The second-order valence-corrected chi connectivity index (χ2v) is 6.26. The maximum absolute atomic E-state index is 13.5. The first-order valence-electron chi connectivity index (χ1n) is 6.65. The molecule has 0 unspecified atom stereocenters. The fourth-order valence-electron chi connectivity index (χ4n) is 1.66. The maximum atomic E-state index is 13.5. The molecule has 1 atom stereocenters. The van der Waals surface area contributed by atoms with Crippen LogP contribution in [0.5, 0.6) is 5.75 Å². The first-order chi connectivity index (χ1) is 10.8. The van der Waals surface area contributed by atoms with E-state index in [0.717, 1.165) is 6.07 Å². The predicted molar refractivity (Wildman–Crippen MR) is 90.3 cm³/mol. The molecule has 23 heavy (non-hydrogen) atoms. The summed E-state index contributed by atoms with van der Waals surface area (Å²) in [7, 11) is 0. The van der Waals surface area contributed by atoms with Gasteiger partial charge < -0.3 is 15.2 Å². The van der Waals surface area contributed by atoms with Gasteiger partial charge in [-0.15, -0.1) is 0 Å². The summed E-state index contributed by atoms with van der Waals surface area (Å²) in [5, 5.41) is 12.6. The highest BCUT2D eigenvalue weighted by molar-refractivity contribution is 14.1. The van der Waals surface area contributed by atoms with E-state index in [4.69, 9.17) is 4.74 Å². The predicted octanol–water partition coefficient (Wildman–Crippen LogP) is 3.34. The van der Waals surface area contributed by atoms with Crippen molar-refractivity contribution in [3.63, 3.8) is 0 Å². The maximum Gasteiger partial charge on any atom is 0.259 e. The summed E-state index contributed by atoms with van der Waals surface area (Å²) in [5.41, 5.74) is -1.61. The van der Waals surface area contributed by atoms with E-state index in [2.05, 4.69) is 5.32 Å². The van der Waals surface area contributed by atoms with Crippen LogP contribution in [0.1, 0.15) is 6.92 Å². The van der Waals surface area contributed by atoms with Crippen LogP contribution < -0.4 is 10.1 Å². The van der Waals surface area contributed by atoms with Gasteiger partial charge in [0, 0.05) is 9.26 Å². The fourth-order valence-corrected chi connectivity index (χ4v) is 2.00. The molecule has 122 valence electrons. The third-order valence-electron chi connectivity index (χ3n) is 3.00. The molecule has 0 fully saturated rings. The van der Waals surface area contributed by atoms with Gasteiger partial charge in [0.25, 0.3) is 5.91 Å². The molecule has 2 rings (SSSR count). The Balaban J connectivity index is 1.98. The average Bonchev–Trinajstić information content (AvgIpc) is 2.50. The van der Waals surface area contributed by atoms with Gasteiger partial charge in [0.05, 0.1) is 0 Å². The molecule has 0 spiro atoms. The van der Waals surface area contributed by atoms with Crippen molar-refractivity contribution in [1.82, 2.24) is 0 Å². The lowest BCUT2D eigenvalue weighted by Crippen LogP contribution is -2.45. The summed E-state index contributed by atoms with van der Waals surface area (Å²) >= 11 is 1.83. The molecule has 0 aliphatic rings.